The molecule has 2 rings (SSSR count). The second-order valence-corrected chi connectivity index (χ2v) is 6.25. The van der Waals surface area contributed by atoms with Crippen LogP contribution in [-0.2, 0) is 19.1 Å². The van der Waals surface area contributed by atoms with Gasteiger partial charge in [0.15, 0.2) is 5.78 Å². The van der Waals surface area contributed by atoms with Gasteiger partial charge in [-0.25, -0.2) is 4.98 Å². The Labute approximate surface area is 190 Å². The minimum Gasteiger partial charge on any atom is -0.469 e. The van der Waals surface area contributed by atoms with Crippen molar-refractivity contribution in [2.24, 2.45) is 0 Å². The number of hydrogen-bond acceptors (Lipinski definition) is 6. The number of benzene rings is 1. The molecule has 32 heavy (non-hydrogen) atoms. The van der Waals surface area contributed by atoms with Crippen LogP contribution in [-0.4, -0.2) is 47.7 Å². The first-order valence-electron chi connectivity index (χ1n) is 10.9. The fraction of sp³-hybridized carbons (Fsp3) is 0.458. The molecule has 2 atom stereocenters. The summed E-state index contributed by atoms with van der Waals surface area (Å²) in [4.78, 5) is 52.5. The number of ketones is 1. The summed E-state index contributed by atoms with van der Waals surface area (Å²) in [5.41, 5.74) is 0.841. The van der Waals surface area contributed by atoms with Crippen molar-refractivity contribution in [3.8, 4) is 0 Å². The Hall–Kier alpha value is -3.29. The molecule has 0 fully saturated rings. The van der Waals surface area contributed by atoms with Gasteiger partial charge in [-0.05, 0) is 19.1 Å². The molecular formula is C24H35N3O5. The number of para-hydroxylation sites is 1. The zero-order chi connectivity index (χ0) is 24.7. The highest BCUT2D eigenvalue weighted by Gasteiger charge is 2.26. The Kier molecular flexibility index (Phi) is 13.9. The van der Waals surface area contributed by atoms with Gasteiger partial charge in [-0.15, -0.1) is 0 Å². The molecule has 2 aromatic rings. The van der Waals surface area contributed by atoms with Crippen molar-refractivity contribution in [2.45, 2.75) is 66.5 Å². The summed E-state index contributed by atoms with van der Waals surface area (Å²) in [6.07, 6.45) is -0.106. The van der Waals surface area contributed by atoms with Crippen LogP contribution in [0.25, 0.3) is 10.9 Å². The second kappa shape index (κ2) is 15.5. The van der Waals surface area contributed by atoms with E-state index in [1.165, 1.54) is 14.0 Å². The molecule has 0 saturated heterocycles. The predicted octanol–water partition coefficient (Wildman–Crippen LogP) is 3.43. The van der Waals surface area contributed by atoms with Gasteiger partial charge in [0.1, 0.15) is 11.7 Å². The third-order valence-corrected chi connectivity index (χ3v) is 4.22. The average Bonchev–Trinajstić information content (AvgIpc) is 2.84. The van der Waals surface area contributed by atoms with Gasteiger partial charge in [0.25, 0.3) is 5.91 Å². The number of pyridine rings is 1. The molecule has 0 saturated carbocycles. The first-order chi connectivity index (χ1) is 15.3. The van der Waals surface area contributed by atoms with Gasteiger partial charge < -0.3 is 15.4 Å². The molecule has 0 aliphatic carbocycles. The molecule has 176 valence electrons. The standard InChI is InChI=1S/C20H23N3O5.2C2H6/c1-4-17(24)16(11-18(25)28-3)23-19(26)12(2)21-20(27)15-10-9-13-7-5-6-8-14(13)22-15;2*1-2/h5-10,12,16H,4,11H2,1-3H3,(H,21,27)(H,23,26);2*1-2H3. The number of ether oxygens (including phenoxy) is 1. The van der Waals surface area contributed by atoms with Crippen molar-refractivity contribution < 1.29 is 23.9 Å². The Bertz CT molecular complexity index is 898. The smallest absolute Gasteiger partial charge is 0.308 e. The van der Waals surface area contributed by atoms with Crippen molar-refractivity contribution in [1.29, 1.82) is 0 Å². The number of nitrogens with zero attached hydrogens (tertiary/aromatic N) is 1. The Morgan fingerprint density at radius 3 is 2.19 bits per heavy atom. The summed E-state index contributed by atoms with van der Waals surface area (Å²) in [6, 6.07) is 8.78. The maximum absolute atomic E-state index is 12.4. The monoisotopic (exact) mass is 445 g/mol. The van der Waals surface area contributed by atoms with E-state index in [-0.39, 0.29) is 24.3 Å². The zero-order valence-electron chi connectivity index (χ0n) is 20.0. The molecular weight excluding hydrogens is 410 g/mol. The van der Waals surface area contributed by atoms with E-state index in [9.17, 15) is 19.2 Å². The molecule has 8 heteroatoms. The van der Waals surface area contributed by atoms with Crippen molar-refractivity contribution in [2.75, 3.05) is 7.11 Å². The second-order valence-electron chi connectivity index (χ2n) is 6.25. The quantitative estimate of drug-likeness (QED) is 0.602. The van der Waals surface area contributed by atoms with Crippen LogP contribution >= 0.6 is 0 Å². The lowest BCUT2D eigenvalue weighted by Gasteiger charge is -2.19. The number of carbonyl (C=O) groups excluding carboxylic acids is 4. The molecule has 1 aromatic heterocycles. The number of amides is 2. The van der Waals surface area contributed by atoms with Crippen LogP contribution in [0.15, 0.2) is 36.4 Å². The van der Waals surface area contributed by atoms with Gasteiger partial charge in [0, 0.05) is 11.8 Å². The van der Waals surface area contributed by atoms with E-state index < -0.39 is 29.9 Å². The Balaban J connectivity index is 0.00000227. The Morgan fingerprint density at radius 1 is 0.969 bits per heavy atom. The van der Waals surface area contributed by atoms with E-state index in [1.54, 1.807) is 25.1 Å². The molecule has 8 nitrogen and oxygen atoms in total. The summed E-state index contributed by atoms with van der Waals surface area (Å²) in [5.74, 6) is -2.00. The fourth-order valence-corrected chi connectivity index (χ4v) is 2.57. The lowest BCUT2D eigenvalue weighted by atomic mass is 10.1. The molecule has 1 aromatic carbocycles. The van der Waals surface area contributed by atoms with Gasteiger partial charge in [-0.3, -0.25) is 19.2 Å². The predicted molar refractivity (Wildman–Crippen MR) is 125 cm³/mol. The molecule has 2 unspecified atom stereocenters. The highest BCUT2D eigenvalue weighted by Crippen LogP contribution is 2.11. The van der Waals surface area contributed by atoms with Gasteiger partial charge >= 0.3 is 5.97 Å². The number of hydrogen-bond donors (Lipinski definition) is 2. The number of esters is 1. The number of fused-ring (bicyclic) bond motifs is 1. The molecule has 0 aliphatic heterocycles. The molecule has 1 heterocycles. The van der Waals surface area contributed by atoms with Gasteiger partial charge in [-0.1, -0.05) is 58.9 Å². The summed E-state index contributed by atoms with van der Waals surface area (Å²) >= 11 is 0. The summed E-state index contributed by atoms with van der Waals surface area (Å²) in [5, 5.41) is 5.94. The van der Waals surface area contributed by atoms with Crippen LogP contribution in [0.4, 0.5) is 0 Å². The SMILES string of the molecule is CC.CC.CCC(=O)C(CC(=O)OC)NC(=O)C(C)NC(=O)c1ccc2ccccc2n1. The lowest BCUT2D eigenvalue weighted by Crippen LogP contribution is -2.51. The van der Waals surface area contributed by atoms with Gasteiger partial charge in [0.05, 0.1) is 25.1 Å². The third kappa shape index (κ3) is 8.83. The first kappa shape index (κ1) is 28.7. The lowest BCUT2D eigenvalue weighted by molar-refractivity contribution is -0.143. The molecule has 0 spiro atoms. The number of carbonyl (C=O) groups is 4. The van der Waals surface area contributed by atoms with Crippen molar-refractivity contribution in [1.82, 2.24) is 15.6 Å². The average molecular weight is 446 g/mol. The highest BCUT2D eigenvalue weighted by atomic mass is 16.5. The molecule has 0 radical (unpaired) electrons. The van der Waals surface area contributed by atoms with E-state index >= 15 is 0 Å². The van der Waals surface area contributed by atoms with E-state index in [1.807, 2.05) is 45.9 Å². The van der Waals surface area contributed by atoms with E-state index in [0.29, 0.717) is 5.52 Å². The molecule has 2 N–H and O–H groups in total. The molecule has 0 bridgehead atoms. The van der Waals surface area contributed by atoms with Crippen molar-refractivity contribution in [3.63, 3.8) is 0 Å². The van der Waals surface area contributed by atoms with Crippen molar-refractivity contribution in [3.05, 3.63) is 42.1 Å². The van der Waals surface area contributed by atoms with Crippen LogP contribution in [0.3, 0.4) is 0 Å². The molecule has 0 aliphatic rings. The first-order valence-corrected chi connectivity index (χ1v) is 10.9. The highest BCUT2D eigenvalue weighted by molar-refractivity contribution is 5.99. The van der Waals surface area contributed by atoms with Gasteiger partial charge in [-0.2, -0.15) is 0 Å². The fourth-order valence-electron chi connectivity index (χ4n) is 2.57. The summed E-state index contributed by atoms with van der Waals surface area (Å²) in [7, 11) is 1.21. The van der Waals surface area contributed by atoms with E-state index in [2.05, 4.69) is 20.4 Å². The topological polar surface area (TPSA) is 114 Å². The van der Waals surface area contributed by atoms with E-state index in [4.69, 9.17) is 0 Å². The summed E-state index contributed by atoms with van der Waals surface area (Å²) < 4.78 is 4.55. The Morgan fingerprint density at radius 2 is 1.59 bits per heavy atom. The number of Topliss-reactive ketones (excluding diaryl/α,β-unsaturated/α-hetero) is 1. The third-order valence-electron chi connectivity index (χ3n) is 4.22. The molecule has 2 amide bonds. The minimum atomic E-state index is -0.997. The maximum atomic E-state index is 12.4. The van der Waals surface area contributed by atoms with E-state index in [0.717, 1.165) is 5.39 Å². The van der Waals surface area contributed by atoms with Crippen molar-refractivity contribution >= 4 is 34.5 Å². The van der Waals surface area contributed by atoms with Gasteiger partial charge in [0.2, 0.25) is 5.91 Å². The number of aromatic nitrogens is 1. The zero-order valence-corrected chi connectivity index (χ0v) is 20.0. The van der Waals surface area contributed by atoms with Crippen LogP contribution < -0.4 is 10.6 Å². The maximum Gasteiger partial charge on any atom is 0.308 e. The largest absolute Gasteiger partial charge is 0.469 e. The van der Waals surface area contributed by atoms with Crippen LogP contribution in [0.1, 0.15) is 64.9 Å². The number of nitrogens with one attached hydrogen (secondary N) is 2. The van der Waals surface area contributed by atoms with Crippen LogP contribution in [0.2, 0.25) is 0 Å². The van der Waals surface area contributed by atoms with Crippen LogP contribution in [0.5, 0.6) is 0 Å². The normalized spacial score (nSPS) is 11.5. The summed E-state index contributed by atoms with van der Waals surface area (Å²) in [6.45, 7) is 11.1. The minimum absolute atomic E-state index is 0.156. The van der Waals surface area contributed by atoms with Crippen LogP contribution in [0, 0.1) is 0 Å². The number of rotatable bonds is 8. The number of methoxy groups -OCH3 is 1.